The number of nitro groups is 1. The summed E-state index contributed by atoms with van der Waals surface area (Å²) in [5, 5.41) is 12.0. The van der Waals surface area contributed by atoms with Crippen LogP contribution in [0.3, 0.4) is 0 Å². The molecule has 0 saturated heterocycles. The third kappa shape index (κ3) is 3.59. The predicted octanol–water partition coefficient (Wildman–Crippen LogP) is 3.76. The van der Waals surface area contributed by atoms with E-state index in [4.69, 9.17) is 0 Å². The normalized spacial score (nSPS) is 11.2. The molecule has 9 heteroatoms. The SMILES string of the molecule is CCN(CC)c1ccc(-n2cc3c(c2-c2ccc(C)c([N+](=O)[O-])c2)c(=O)n(C)c(=O)n3C)cc1. The van der Waals surface area contributed by atoms with E-state index in [0.29, 0.717) is 27.7 Å². The van der Waals surface area contributed by atoms with Crippen LogP contribution in [0, 0.1) is 17.0 Å². The lowest BCUT2D eigenvalue weighted by atomic mass is 10.1. The van der Waals surface area contributed by atoms with E-state index in [0.717, 1.165) is 29.0 Å². The van der Waals surface area contributed by atoms with Gasteiger partial charge in [0, 0.05) is 61.9 Å². The Labute approximate surface area is 196 Å². The van der Waals surface area contributed by atoms with Gasteiger partial charge in [-0.05, 0) is 45.0 Å². The quantitative estimate of drug-likeness (QED) is 0.322. The molecule has 0 bridgehead atoms. The molecular formula is C25H27N5O4. The van der Waals surface area contributed by atoms with Gasteiger partial charge < -0.3 is 9.47 Å². The average molecular weight is 462 g/mol. The number of hydrogen-bond acceptors (Lipinski definition) is 5. The largest absolute Gasteiger partial charge is 0.372 e. The molecule has 2 heterocycles. The lowest BCUT2D eigenvalue weighted by Crippen LogP contribution is -2.36. The van der Waals surface area contributed by atoms with Gasteiger partial charge in [-0.25, -0.2) is 4.79 Å². The summed E-state index contributed by atoms with van der Waals surface area (Å²) in [4.78, 5) is 39.3. The summed E-state index contributed by atoms with van der Waals surface area (Å²) in [6, 6.07) is 12.8. The lowest BCUT2D eigenvalue weighted by Gasteiger charge is -2.21. The van der Waals surface area contributed by atoms with Gasteiger partial charge >= 0.3 is 5.69 Å². The summed E-state index contributed by atoms with van der Waals surface area (Å²) < 4.78 is 4.30. The number of fused-ring (bicyclic) bond motifs is 1. The van der Waals surface area contributed by atoms with Crippen molar-refractivity contribution in [1.29, 1.82) is 0 Å². The molecule has 0 amide bonds. The summed E-state index contributed by atoms with van der Waals surface area (Å²) in [6.07, 6.45) is 1.74. The van der Waals surface area contributed by atoms with Crippen molar-refractivity contribution >= 4 is 22.3 Å². The van der Waals surface area contributed by atoms with E-state index >= 15 is 0 Å². The standard InChI is InChI=1S/C25H27N5O4/c1-6-28(7-2)18-10-12-19(13-11-18)29-15-21-22(24(31)27(5)25(32)26(21)4)23(29)17-9-8-16(3)20(14-17)30(33)34/h8-15H,6-7H2,1-5H3. The van der Waals surface area contributed by atoms with Crippen molar-refractivity contribution in [3.05, 3.63) is 85.2 Å². The topological polar surface area (TPSA) is 95.3 Å². The molecular weight excluding hydrogens is 434 g/mol. The van der Waals surface area contributed by atoms with Gasteiger partial charge in [0.2, 0.25) is 0 Å². The molecule has 0 fully saturated rings. The van der Waals surface area contributed by atoms with Crippen LogP contribution in [0.1, 0.15) is 19.4 Å². The van der Waals surface area contributed by atoms with Gasteiger partial charge in [0.1, 0.15) is 0 Å². The van der Waals surface area contributed by atoms with Crippen molar-refractivity contribution in [1.82, 2.24) is 13.7 Å². The number of anilines is 1. The minimum atomic E-state index is -0.449. The summed E-state index contributed by atoms with van der Waals surface area (Å²) in [6.45, 7) is 7.61. The summed E-state index contributed by atoms with van der Waals surface area (Å²) >= 11 is 0. The molecule has 0 radical (unpaired) electrons. The van der Waals surface area contributed by atoms with E-state index in [9.17, 15) is 19.7 Å². The molecule has 34 heavy (non-hydrogen) atoms. The Bertz CT molecular complexity index is 1520. The third-order valence-electron chi connectivity index (χ3n) is 6.37. The van der Waals surface area contributed by atoms with Crippen LogP contribution >= 0.6 is 0 Å². The minimum Gasteiger partial charge on any atom is -0.372 e. The Kier molecular flexibility index (Phi) is 5.87. The van der Waals surface area contributed by atoms with Crippen LogP contribution in [0.4, 0.5) is 11.4 Å². The number of hydrogen-bond donors (Lipinski definition) is 0. The van der Waals surface area contributed by atoms with E-state index in [1.807, 2.05) is 28.8 Å². The molecule has 4 aromatic rings. The van der Waals surface area contributed by atoms with Crippen LogP contribution in [-0.2, 0) is 14.1 Å². The zero-order valence-electron chi connectivity index (χ0n) is 19.9. The predicted molar refractivity (Wildman–Crippen MR) is 134 cm³/mol. The van der Waals surface area contributed by atoms with Crippen LogP contribution < -0.4 is 16.1 Å². The maximum absolute atomic E-state index is 13.2. The zero-order chi connectivity index (χ0) is 24.7. The van der Waals surface area contributed by atoms with Crippen molar-refractivity contribution < 1.29 is 4.92 Å². The number of aromatic nitrogens is 3. The molecule has 2 aromatic carbocycles. The average Bonchev–Trinajstić information content (AvgIpc) is 3.23. The van der Waals surface area contributed by atoms with Crippen LogP contribution in [-0.4, -0.2) is 31.7 Å². The van der Waals surface area contributed by atoms with E-state index in [2.05, 4.69) is 18.7 Å². The maximum atomic E-state index is 13.2. The third-order valence-corrected chi connectivity index (χ3v) is 6.37. The molecule has 0 saturated carbocycles. The number of nitrogens with zero attached hydrogens (tertiary/aromatic N) is 5. The highest BCUT2D eigenvalue weighted by atomic mass is 16.6. The molecule has 0 aliphatic heterocycles. The smallest absolute Gasteiger partial charge is 0.330 e. The van der Waals surface area contributed by atoms with E-state index in [1.54, 1.807) is 32.3 Å². The Morgan fingerprint density at radius 1 is 0.971 bits per heavy atom. The molecule has 4 rings (SSSR count). The monoisotopic (exact) mass is 461 g/mol. The second-order valence-electron chi connectivity index (χ2n) is 8.26. The highest BCUT2D eigenvalue weighted by Crippen LogP contribution is 2.34. The maximum Gasteiger partial charge on any atom is 0.330 e. The van der Waals surface area contributed by atoms with Gasteiger partial charge in [0.25, 0.3) is 11.2 Å². The molecule has 0 N–H and O–H groups in total. The number of benzene rings is 2. The highest BCUT2D eigenvalue weighted by molar-refractivity contribution is 5.95. The van der Waals surface area contributed by atoms with Crippen molar-refractivity contribution in [2.75, 3.05) is 18.0 Å². The molecule has 2 aromatic heterocycles. The molecule has 176 valence electrons. The van der Waals surface area contributed by atoms with Gasteiger partial charge in [0.05, 0.1) is 21.5 Å². The van der Waals surface area contributed by atoms with Crippen molar-refractivity contribution in [2.24, 2.45) is 14.1 Å². The van der Waals surface area contributed by atoms with Crippen molar-refractivity contribution in [3.63, 3.8) is 0 Å². The van der Waals surface area contributed by atoms with E-state index < -0.39 is 16.2 Å². The first kappa shape index (κ1) is 23.0. The van der Waals surface area contributed by atoms with Crippen LogP contribution in [0.2, 0.25) is 0 Å². The number of nitro benzene ring substituents is 1. The Morgan fingerprint density at radius 3 is 2.21 bits per heavy atom. The molecule has 0 aliphatic carbocycles. The molecule has 9 nitrogen and oxygen atoms in total. The Balaban J connectivity index is 2.07. The van der Waals surface area contributed by atoms with Crippen LogP contribution in [0.5, 0.6) is 0 Å². The first-order valence-corrected chi connectivity index (χ1v) is 11.1. The number of aryl methyl sites for hydroxylation is 2. The van der Waals surface area contributed by atoms with Gasteiger partial charge in [-0.2, -0.15) is 0 Å². The first-order chi connectivity index (χ1) is 16.2. The fourth-order valence-electron chi connectivity index (χ4n) is 4.39. The molecule has 0 atom stereocenters. The van der Waals surface area contributed by atoms with E-state index in [-0.39, 0.29) is 5.69 Å². The van der Waals surface area contributed by atoms with Crippen LogP contribution in [0.25, 0.3) is 27.8 Å². The Morgan fingerprint density at radius 2 is 1.62 bits per heavy atom. The summed E-state index contributed by atoms with van der Waals surface area (Å²) in [5.74, 6) is 0. The van der Waals surface area contributed by atoms with Gasteiger partial charge in [0.15, 0.2) is 0 Å². The fraction of sp³-hybridized carbons (Fsp3) is 0.280. The minimum absolute atomic E-state index is 0.0306. The van der Waals surface area contributed by atoms with Crippen molar-refractivity contribution in [3.8, 4) is 16.9 Å². The molecule has 0 aliphatic rings. The van der Waals surface area contributed by atoms with E-state index in [1.165, 1.54) is 17.7 Å². The lowest BCUT2D eigenvalue weighted by molar-refractivity contribution is -0.385. The summed E-state index contributed by atoms with van der Waals surface area (Å²) in [5.41, 5.74) is 2.95. The molecule has 0 unspecified atom stereocenters. The van der Waals surface area contributed by atoms with Crippen LogP contribution in [0.15, 0.2) is 58.3 Å². The van der Waals surface area contributed by atoms with Gasteiger partial charge in [-0.15, -0.1) is 0 Å². The fourth-order valence-corrected chi connectivity index (χ4v) is 4.39. The number of rotatable bonds is 6. The summed E-state index contributed by atoms with van der Waals surface area (Å²) in [7, 11) is 3.04. The van der Waals surface area contributed by atoms with Gasteiger partial charge in [-0.3, -0.25) is 24.0 Å². The zero-order valence-corrected chi connectivity index (χ0v) is 19.9. The second kappa shape index (κ2) is 8.66. The second-order valence-corrected chi connectivity index (χ2v) is 8.26. The molecule has 0 spiro atoms. The van der Waals surface area contributed by atoms with Gasteiger partial charge in [-0.1, -0.05) is 12.1 Å². The highest BCUT2D eigenvalue weighted by Gasteiger charge is 2.22. The van der Waals surface area contributed by atoms with Crippen molar-refractivity contribution in [2.45, 2.75) is 20.8 Å². The first-order valence-electron chi connectivity index (χ1n) is 11.1. The Hall–Kier alpha value is -4.14.